The van der Waals surface area contributed by atoms with Crippen molar-refractivity contribution in [2.75, 3.05) is 0 Å². The topological polar surface area (TPSA) is 135 Å². The van der Waals surface area contributed by atoms with Crippen LogP contribution in [-0.4, -0.2) is 29.9 Å². The summed E-state index contributed by atoms with van der Waals surface area (Å²) in [6.45, 7) is 3.85. The molecule has 15 heteroatoms. The lowest BCUT2D eigenvalue weighted by molar-refractivity contribution is -0.274. The summed E-state index contributed by atoms with van der Waals surface area (Å²) in [7, 11) is 0. The van der Waals surface area contributed by atoms with Crippen LogP contribution in [0.15, 0.2) is 98.3 Å². The fraction of sp³-hybridized carbons (Fsp3) is 0.161. The molecule has 0 atom stereocenters. The molecule has 4 rings (SSSR count). The summed E-state index contributed by atoms with van der Waals surface area (Å²) in [5.41, 5.74) is 16.2. The molecule has 0 amide bonds. The Kier molecular flexibility index (Phi) is 12.2. The van der Waals surface area contributed by atoms with Crippen LogP contribution >= 0.6 is 11.8 Å². The van der Waals surface area contributed by atoms with Gasteiger partial charge in [0, 0.05) is 11.8 Å². The van der Waals surface area contributed by atoms with Crippen molar-refractivity contribution in [2.45, 2.75) is 32.1 Å². The van der Waals surface area contributed by atoms with E-state index >= 15 is 0 Å². The summed E-state index contributed by atoms with van der Waals surface area (Å²) in [6.07, 6.45) is -6.78. The van der Waals surface area contributed by atoms with Crippen molar-refractivity contribution in [3.8, 4) is 5.75 Å². The minimum atomic E-state index is -4.73. The van der Waals surface area contributed by atoms with Gasteiger partial charge in [-0.3, -0.25) is 0 Å². The maximum atomic E-state index is 12.4. The smallest absolute Gasteiger partial charge is 0.456 e. The Bertz CT molecular complexity index is 1680. The Balaban J connectivity index is 0.000000251. The molecule has 242 valence electrons. The quantitative estimate of drug-likeness (QED) is 0.0989. The van der Waals surface area contributed by atoms with E-state index in [2.05, 4.69) is 19.7 Å². The molecular weight excluding hydrogens is 634 g/mol. The lowest BCUT2D eigenvalue weighted by Crippen LogP contribution is -2.16. The molecule has 0 aliphatic heterocycles. The molecule has 0 aliphatic carbocycles. The summed E-state index contributed by atoms with van der Waals surface area (Å²) in [4.78, 5) is 12.3. The first-order valence-corrected chi connectivity index (χ1v) is 14.1. The van der Waals surface area contributed by atoms with Crippen LogP contribution in [0.5, 0.6) is 5.75 Å². The molecule has 0 radical (unpaired) electrons. The number of halogens is 6. The highest BCUT2D eigenvalue weighted by molar-refractivity contribution is 8.13. The van der Waals surface area contributed by atoms with E-state index < -0.39 is 18.3 Å². The van der Waals surface area contributed by atoms with Crippen molar-refractivity contribution in [1.82, 2.24) is 0 Å². The molecule has 0 aliphatic rings. The van der Waals surface area contributed by atoms with Crippen LogP contribution < -0.4 is 16.2 Å². The Morgan fingerprint density at radius 3 is 2.07 bits per heavy atom. The van der Waals surface area contributed by atoms with Gasteiger partial charge in [-0.1, -0.05) is 54.2 Å². The van der Waals surface area contributed by atoms with Gasteiger partial charge in [0.2, 0.25) is 5.76 Å². The van der Waals surface area contributed by atoms with Crippen LogP contribution in [0.25, 0.3) is 0 Å². The number of hydrogen-bond acceptors (Lipinski definition) is 6. The zero-order valence-electron chi connectivity index (χ0n) is 24.4. The molecule has 0 spiro atoms. The average Bonchev–Trinajstić information content (AvgIpc) is 3.49. The Labute approximate surface area is 264 Å². The predicted molar refractivity (Wildman–Crippen MR) is 169 cm³/mol. The second-order valence-corrected chi connectivity index (χ2v) is 10.3. The number of para-hydroxylation sites is 1. The van der Waals surface area contributed by atoms with E-state index in [0.717, 1.165) is 52.3 Å². The van der Waals surface area contributed by atoms with Crippen LogP contribution in [0.2, 0.25) is 0 Å². The molecule has 1 aromatic heterocycles. The Morgan fingerprint density at radius 1 is 0.891 bits per heavy atom. The van der Waals surface area contributed by atoms with Gasteiger partial charge < -0.3 is 26.0 Å². The number of nitrogens with one attached hydrogen (secondary N) is 1. The predicted octanol–water partition coefficient (Wildman–Crippen LogP) is 8.44. The summed E-state index contributed by atoms with van der Waals surface area (Å²) in [5.74, 6) is -0.704. The number of rotatable bonds is 8. The number of amidine groups is 2. The molecule has 3 aromatic carbocycles. The standard InChI is InChI=1S/C16H13F3N4O.C15H15F3N2OS/c17-16(18,19)24-14-7-5-13(6-8-14)22-10-23-15(21)12-3-1-11(9-20)2-4-12;1-9-4-3-5-10(2)13(9)20-14(19)22-8-11-6-7-12(21-11)15(16,17)18/h1-10,20H,(H2,21,22,23);3-7H,8H2,1-2H3,(H2,19,20). The van der Waals surface area contributed by atoms with Gasteiger partial charge in [0.05, 0.1) is 17.1 Å². The van der Waals surface area contributed by atoms with E-state index in [1.54, 1.807) is 24.3 Å². The second kappa shape index (κ2) is 15.8. The van der Waals surface area contributed by atoms with Crippen molar-refractivity contribution in [3.05, 3.63) is 113 Å². The minimum absolute atomic E-state index is 0.191. The van der Waals surface area contributed by atoms with Crippen molar-refractivity contribution in [1.29, 1.82) is 5.41 Å². The summed E-state index contributed by atoms with van der Waals surface area (Å²) in [6, 6.07) is 19.9. The SMILES string of the molecule is Cc1cccc(C)c1N=C(N)SCc1ccc(C(F)(F)F)o1.N=Cc1ccc(C(N)=NC=Nc2ccc(OC(F)(F)F)cc2)cc1. The Morgan fingerprint density at radius 2 is 1.52 bits per heavy atom. The number of ether oxygens (including phenoxy) is 1. The third-order valence-electron chi connectivity index (χ3n) is 5.81. The number of benzene rings is 3. The van der Waals surface area contributed by atoms with Crippen LogP contribution in [0.1, 0.15) is 33.8 Å². The average molecular weight is 663 g/mol. The van der Waals surface area contributed by atoms with Crippen LogP contribution in [0, 0.1) is 19.3 Å². The summed E-state index contributed by atoms with van der Waals surface area (Å²) < 4.78 is 81.9. The largest absolute Gasteiger partial charge is 0.573 e. The highest BCUT2D eigenvalue weighted by Crippen LogP contribution is 2.32. The molecular formula is C31H28F6N6O2S. The van der Waals surface area contributed by atoms with Crippen LogP contribution in [0.4, 0.5) is 37.7 Å². The van der Waals surface area contributed by atoms with E-state index in [0.29, 0.717) is 11.3 Å². The van der Waals surface area contributed by atoms with E-state index in [9.17, 15) is 26.3 Å². The van der Waals surface area contributed by atoms with Gasteiger partial charge in [-0.2, -0.15) is 13.2 Å². The monoisotopic (exact) mass is 662 g/mol. The summed E-state index contributed by atoms with van der Waals surface area (Å²) >= 11 is 1.13. The Hall–Kier alpha value is -5.05. The number of aryl methyl sites for hydroxylation is 2. The van der Waals surface area contributed by atoms with Gasteiger partial charge in [-0.15, -0.1) is 13.2 Å². The number of nitrogens with two attached hydrogens (primary N) is 2. The number of alkyl halides is 6. The number of thioether (sulfide) groups is 1. The van der Waals surface area contributed by atoms with E-state index in [-0.39, 0.29) is 28.3 Å². The second-order valence-electron chi connectivity index (χ2n) is 9.31. The molecule has 0 unspecified atom stereocenters. The maximum Gasteiger partial charge on any atom is 0.573 e. The minimum Gasteiger partial charge on any atom is -0.456 e. The fourth-order valence-corrected chi connectivity index (χ4v) is 4.19. The maximum absolute atomic E-state index is 12.4. The molecule has 0 saturated carbocycles. The van der Waals surface area contributed by atoms with Crippen molar-refractivity contribution in [2.24, 2.45) is 26.4 Å². The molecule has 0 bridgehead atoms. The van der Waals surface area contributed by atoms with Crippen LogP contribution in [-0.2, 0) is 11.9 Å². The first-order valence-electron chi connectivity index (χ1n) is 13.2. The van der Waals surface area contributed by atoms with Crippen LogP contribution in [0.3, 0.4) is 0 Å². The first kappa shape index (κ1) is 35.4. The lowest BCUT2D eigenvalue weighted by atomic mass is 10.1. The number of hydrogen-bond donors (Lipinski definition) is 3. The van der Waals surface area contributed by atoms with Gasteiger partial charge in [-0.25, -0.2) is 15.0 Å². The van der Waals surface area contributed by atoms with E-state index in [1.165, 1.54) is 30.8 Å². The molecule has 0 saturated heterocycles. The van der Waals surface area contributed by atoms with Gasteiger partial charge in [-0.05, 0) is 66.9 Å². The number of aliphatic imine (C=N–C) groups is 3. The molecule has 4 aromatic rings. The van der Waals surface area contributed by atoms with Crippen molar-refractivity contribution in [3.63, 3.8) is 0 Å². The number of nitrogens with zero attached hydrogens (tertiary/aromatic N) is 3. The number of furan rings is 1. The van der Waals surface area contributed by atoms with E-state index in [1.807, 2.05) is 32.0 Å². The van der Waals surface area contributed by atoms with Gasteiger partial charge >= 0.3 is 12.5 Å². The van der Waals surface area contributed by atoms with Gasteiger partial charge in [0.15, 0.2) is 5.17 Å². The normalized spacial score (nSPS) is 12.5. The highest BCUT2D eigenvalue weighted by Gasteiger charge is 2.34. The highest BCUT2D eigenvalue weighted by atomic mass is 32.2. The molecule has 0 fully saturated rings. The van der Waals surface area contributed by atoms with Crippen molar-refractivity contribution >= 4 is 46.7 Å². The third kappa shape index (κ3) is 11.5. The zero-order chi connectivity index (χ0) is 33.9. The van der Waals surface area contributed by atoms with Gasteiger partial charge in [0.1, 0.15) is 23.7 Å². The molecule has 46 heavy (non-hydrogen) atoms. The first-order chi connectivity index (χ1) is 21.6. The molecule has 5 N–H and O–H groups in total. The zero-order valence-corrected chi connectivity index (χ0v) is 25.2. The van der Waals surface area contributed by atoms with Gasteiger partial charge in [0.25, 0.3) is 0 Å². The summed E-state index contributed by atoms with van der Waals surface area (Å²) in [5, 5.41) is 7.39. The lowest BCUT2D eigenvalue weighted by Gasteiger charge is -2.08. The van der Waals surface area contributed by atoms with E-state index in [4.69, 9.17) is 21.3 Å². The molecule has 8 nitrogen and oxygen atoms in total. The van der Waals surface area contributed by atoms with Crippen molar-refractivity contribution < 1.29 is 35.5 Å². The third-order valence-corrected chi connectivity index (χ3v) is 6.63. The molecule has 1 heterocycles. The fourth-order valence-electron chi connectivity index (χ4n) is 3.59.